The molecule has 1 heterocycles. The zero-order valence-corrected chi connectivity index (χ0v) is 13.3. The summed E-state index contributed by atoms with van der Waals surface area (Å²) in [5, 5.41) is 1.15. The molecule has 110 valence electrons. The van der Waals surface area contributed by atoms with Crippen LogP contribution in [-0.4, -0.2) is 36.5 Å². The summed E-state index contributed by atoms with van der Waals surface area (Å²) in [5.74, 6) is 2.08. The Morgan fingerprint density at radius 1 is 1.35 bits per heavy atom. The molecule has 0 aliphatic carbocycles. The summed E-state index contributed by atoms with van der Waals surface area (Å²) in [4.78, 5) is 2.36. The number of benzene rings is 1. The van der Waals surface area contributed by atoms with Crippen LogP contribution in [0.15, 0.2) is 34.7 Å². The molecule has 2 rings (SSSR count). The third kappa shape index (κ3) is 3.19. The predicted molar refractivity (Wildman–Crippen MR) is 88.2 cm³/mol. The van der Waals surface area contributed by atoms with E-state index in [-0.39, 0.29) is 6.04 Å². The number of nitrogens with zero attached hydrogens (tertiary/aromatic N) is 1. The molecule has 0 aliphatic heterocycles. The van der Waals surface area contributed by atoms with E-state index in [2.05, 4.69) is 37.3 Å². The van der Waals surface area contributed by atoms with Crippen molar-refractivity contribution in [1.29, 1.82) is 0 Å². The van der Waals surface area contributed by atoms with Gasteiger partial charge in [0.1, 0.15) is 11.3 Å². The van der Waals surface area contributed by atoms with Crippen LogP contribution in [0.2, 0.25) is 0 Å². The summed E-state index contributed by atoms with van der Waals surface area (Å²) in [6.07, 6.45) is 3.27. The number of para-hydroxylation sites is 1. The Hall–Kier alpha value is -0.970. The van der Waals surface area contributed by atoms with Crippen molar-refractivity contribution >= 4 is 22.7 Å². The largest absolute Gasteiger partial charge is 0.459 e. The average molecular weight is 292 g/mol. The van der Waals surface area contributed by atoms with Gasteiger partial charge in [-0.1, -0.05) is 25.1 Å². The fraction of sp³-hybridized carbons (Fsp3) is 0.500. The zero-order chi connectivity index (χ0) is 14.5. The van der Waals surface area contributed by atoms with Crippen LogP contribution >= 0.6 is 11.8 Å². The first kappa shape index (κ1) is 15.4. The highest BCUT2D eigenvalue weighted by atomic mass is 32.2. The highest BCUT2D eigenvalue weighted by molar-refractivity contribution is 7.98. The van der Waals surface area contributed by atoms with Gasteiger partial charge in [0.05, 0.1) is 6.04 Å². The summed E-state index contributed by atoms with van der Waals surface area (Å²) < 4.78 is 5.99. The van der Waals surface area contributed by atoms with Gasteiger partial charge in [-0.3, -0.25) is 4.90 Å². The molecule has 0 saturated carbocycles. The molecule has 0 saturated heterocycles. The van der Waals surface area contributed by atoms with Gasteiger partial charge >= 0.3 is 0 Å². The van der Waals surface area contributed by atoms with E-state index in [9.17, 15) is 0 Å². The van der Waals surface area contributed by atoms with Crippen molar-refractivity contribution in [3.05, 3.63) is 36.1 Å². The fourth-order valence-electron chi connectivity index (χ4n) is 2.62. The van der Waals surface area contributed by atoms with Gasteiger partial charge in [-0.25, -0.2) is 0 Å². The van der Waals surface area contributed by atoms with Crippen molar-refractivity contribution in [1.82, 2.24) is 4.90 Å². The second kappa shape index (κ2) is 7.16. The van der Waals surface area contributed by atoms with Crippen LogP contribution in [0, 0.1) is 0 Å². The molecule has 20 heavy (non-hydrogen) atoms. The smallest absolute Gasteiger partial charge is 0.134 e. The van der Waals surface area contributed by atoms with E-state index in [0.29, 0.717) is 12.6 Å². The van der Waals surface area contributed by atoms with Crippen molar-refractivity contribution in [2.24, 2.45) is 5.73 Å². The van der Waals surface area contributed by atoms with E-state index in [1.165, 1.54) is 0 Å². The summed E-state index contributed by atoms with van der Waals surface area (Å²) in [5.41, 5.74) is 6.95. The Balaban J connectivity index is 2.26. The normalized spacial score (nSPS) is 14.8. The van der Waals surface area contributed by atoms with Crippen molar-refractivity contribution < 1.29 is 4.42 Å². The molecule has 0 aliphatic rings. The lowest BCUT2D eigenvalue weighted by Gasteiger charge is -2.32. The van der Waals surface area contributed by atoms with E-state index in [1.54, 1.807) is 0 Å². The number of furan rings is 1. The quantitative estimate of drug-likeness (QED) is 0.848. The van der Waals surface area contributed by atoms with Gasteiger partial charge in [0, 0.05) is 23.7 Å². The molecule has 2 atom stereocenters. The van der Waals surface area contributed by atoms with Crippen LogP contribution < -0.4 is 5.73 Å². The Kier molecular flexibility index (Phi) is 5.52. The summed E-state index contributed by atoms with van der Waals surface area (Å²) in [6.45, 7) is 2.80. The summed E-state index contributed by atoms with van der Waals surface area (Å²) in [6, 6.07) is 10.9. The number of fused-ring (bicyclic) bond motifs is 1. The molecule has 1 aromatic carbocycles. The molecule has 0 spiro atoms. The van der Waals surface area contributed by atoms with Crippen molar-refractivity contribution in [3.63, 3.8) is 0 Å². The lowest BCUT2D eigenvalue weighted by atomic mass is 10.1. The van der Waals surface area contributed by atoms with Gasteiger partial charge in [0.15, 0.2) is 0 Å². The van der Waals surface area contributed by atoms with Gasteiger partial charge in [-0.05, 0) is 31.9 Å². The first-order chi connectivity index (χ1) is 9.71. The molecular formula is C16H24N2OS. The molecule has 2 unspecified atom stereocenters. The molecule has 1 aromatic heterocycles. The molecular weight excluding hydrogens is 268 g/mol. The fourth-order valence-corrected chi connectivity index (χ4v) is 3.48. The van der Waals surface area contributed by atoms with Crippen LogP contribution in [0.4, 0.5) is 0 Å². The third-order valence-electron chi connectivity index (χ3n) is 3.89. The number of rotatable bonds is 7. The Morgan fingerprint density at radius 2 is 2.10 bits per heavy atom. The van der Waals surface area contributed by atoms with Crippen molar-refractivity contribution in [2.75, 3.05) is 25.6 Å². The van der Waals surface area contributed by atoms with E-state index >= 15 is 0 Å². The molecule has 2 aromatic rings. The van der Waals surface area contributed by atoms with Gasteiger partial charge in [0.25, 0.3) is 0 Å². The molecule has 3 nitrogen and oxygen atoms in total. The van der Waals surface area contributed by atoms with Crippen molar-refractivity contribution in [3.8, 4) is 0 Å². The van der Waals surface area contributed by atoms with Crippen LogP contribution in [0.3, 0.4) is 0 Å². The number of likely N-dealkylation sites (N-methyl/N-ethyl adjacent to an activating group) is 1. The predicted octanol–water partition coefficient (Wildman–Crippen LogP) is 3.51. The zero-order valence-electron chi connectivity index (χ0n) is 12.5. The number of hydrogen-bond acceptors (Lipinski definition) is 4. The lowest BCUT2D eigenvalue weighted by Crippen LogP contribution is -2.39. The molecule has 4 heteroatoms. The maximum Gasteiger partial charge on any atom is 0.134 e. The Bertz CT molecular complexity index is 507. The molecule has 0 amide bonds. The van der Waals surface area contributed by atoms with E-state index in [4.69, 9.17) is 10.2 Å². The topological polar surface area (TPSA) is 42.4 Å². The molecule has 0 bridgehead atoms. The second-order valence-corrected chi connectivity index (χ2v) is 6.03. The first-order valence-electron chi connectivity index (χ1n) is 7.10. The van der Waals surface area contributed by atoms with Crippen molar-refractivity contribution in [2.45, 2.75) is 25.4 Å². The Labute approximate surface area is 125 Å². The van der Waals surface area contributed by atoms with E-state index < -0.39 is 0 Å². The van der Waals surface area contributed by atoms with Crippen LogP contribution in [0.1, 0.15) is 25.1 Å². The molecule has 0 radical (unpaired) electrons. The van der Waals surface area contributed by atoms with Gasteiger partial charge < -0.3 is 10.2 Å². The minimum atomic E-state index is 0.138. The van der Waals surface area contributed by atoms with Crippen LogP contribution in [0.25, 0.3) is 11.0 Å². The SMILES string of the molecule is CCC(CSC)N(C)C(CN)c1cc2ccccc2o1. The first-order valence-corrected chi connectivity index (χ1v) is 8.50. The second-order valence-electron chi connectivity index (χ2n) is 5.12. The maximum absolute atomic E-state index is 6.01. The monoisotopic (exact) mass is 292 g/mol. The van der Waals surface area contributed by atoms with E-state index in [1.807, 2.05) is 30.0 Å². The van der Waals surface area contributed by atoms with Crippen LogP contribution in [-0.2, 0) is 0 Å². The summed E-state index contributed by atoms with van der Waals surface area (Å²) >= 11 is 1.88. The highest BCUT2D eigenvalue weighted by Gasteiger charge is 2.24. The van der Waals surface area contributed by atoms with Crippen LogP contribution in [0.5, 0.6) is 0 Å². The van der Waals surface area contributed by atoms with E-state index in [0.717, 1.165) is 28.9 Å². The minimum Gasteiger partial charge on any atom is -0.459 e. The Morgan fingerprint density at radius 3 is 2.70 bits per heavy atom. The lowest BCUT2D eigenvalue weighted by molar-refractivity contribution is 0.169. The third-order valence-corrected chi connectivity index (χ3v) is 4.61. The van der Waals surface area contributed by atoms with Gasteiger partial charge in [0.2, 0.25) is 0 Å². The summed E-state index contributed by atoms with van der Waals surface area (Å²) in [7, 11) is 2.15. The number of hydrogen-bond donors (Lipinski definition) is 1. The number of thioether (sulfide) groups is 1. The minimum absolute atomic E-state index is 0.138. The molecule has 2 N–H and O–H groups in total. The van der Waals surface area contributed by atoms with Gasteiger partial charge in [-0.2, -0.15) is 11.8 Å². The van der Waals surface area contributed by atoms with Gasteiger partial charge in [-0.15, -0.1) is 0 Å². The number of nitrogens with two attached hydrogens (primary N) is 1. The highest BCUT2D eigenvalue weighted by Crippen LogP contribution is 2.28. The molecule has 0 fully saturated rings. The standard InChI is InChI=1S/C16H24N2OS/c1-4-13(11-20-3)18(2)14(10-17)16-9-12-7-5-6-8-15(12)19-16/h5-9,13-14H,4,10-11,17H2,1-3H3. The average Bonchev–Trinajstić information content (AvgIpc) is 2.88. The maximum atomic E-state index is 6.01.